The van der Waals surface area contributed by atoms with Crippen molar-refractivity contribution in [3.63, 3.8) is 0 Å². The standard InChI is InChI=1S/C22H31N5O2S/c1-17-8-10-20(11-9-17)30(28,29)27-14-12-26(13-15-27)21-16-18(2)23-22(25-21)24-19-6-4-3-5-7-19/h8-11,16,19H,3-7,12-15H2,1-2H3,(H,23,24,25). The van der Waals surface area contributed by atoms with Crippen molar-refractivity contribution in [2.75, 3.05) is 36.4 Å². The maximum atomic E-state index is 12.9. The molecule has 1 aromatic heterocycles. The highest BCUT2D eigenvalue weighted by Gasteiger charge is 2.29. The zero-order valence-electron chi connectivity index (χ0n) is 17.8. The van der Waals surface area contributed by atoms with Crippen LogP contribution in [0.1, 0.15) is 43.4 Å². The van der Waals surface area contributed by atoms with Crippen LogP contribution >= 0.6 is 0 Å². The van der Waals surface area contributed by atoms with E-state index in [1.807, 2.05) is 32.0 Å². The lowest BCUT2D eigenvalue weighted by Crippen LogP contribution is -2.49. The van der Waals surface area contributed by atoms with Crippen molar-refractivity contribution in [3.05, 3.63) is 41.6 Å². The number of aryl methyl sites for hydroxylation is 2. The first-order valence-electron chi connectivity index (χ1n) is 10.9. The molecule has 0 bridgehead atoms. The Balaban J connectivity index is 1.43. The average molecular weight is 430 g/mol. The molecular formula is C22H31N5O2S. The normalized spacial score (nSPS) is 19.1. The molecule has 1 aliphatic heterocycles. The number of hydrogen-bond acceptors (Lipinski definition) is 6. The van der Waals surface area contributed by atoms with Gasteiger partial charge in [0.25, 0.3) is 0 Å². The van der Waals surface area contributed by atoms with E-state index in [4.69, 9.17) is 4.98 Å². The van der Waals surface area contributed by atoms with E-state index in [0.29, 0.717) is 43.1 Å². The van der Waals surface area contributed by atoms with Crippen LogP contribution in [0, 0.1) is 13.8 Å². The number of nitrogens with zero attached hydrogens (tertiary/aromatic N) is 4. The predicted molar refractivity (Wildman–Crippen MR) is 119 cm³/mol. The van der Waals surface area contributed by atoms with Crippen molar-refractivity contribution in [3.8, 4) is 0 Å². The van der Waals surface area contributed by atoms with Gasteiger partial charge in [0.05, 0.1) is 4.90 Å². The number of hydrogen-bond donors (Lipinski definition) is 1. The van der Waals surface area contributed by atoms with Crippen molar-refractivity contribution in [2.24, 2.45) is 0 Å². The van der Waals surface area contributed by atoms with Gasteiger partial charge in [0.1, 0.15) is 5.82 Å². The Morgan fingerprint density at radius 2 is 1.60 bits per heavy atom. The molecule has 0 atom stereocenters. The van der Waals surface area contributed by atoms with E-state index in [2.05, 4.69) is 15.2 Å². The monoisotopic (exact) mass is 429 g/mol. The van der Waals surface area contributed by atoms with Gasteiger partial charge >= 0.3 is 0 Å². The molecule has 162 valence electrons. The molecule has 2 fully saturated rings. The molecule has 2 aromatic rings. The molecule has 0 radical (unpaired) electrons. The van der Waals surface area contributed by atoms with Gasteiger partial charge in [-0.1, -0.05) is 37.0 Å². The lowest BCUT2D eigenvalue weighted by atomic mass is 9.96. The molecule has 8 heteroatoms. The summed E-state index contributed by atoms with van der Waals surface area (Å²) >= 11 is 0. The van der Waals surface area contributed by atoms with Gasteiger partial charge in [0.15, 0.2) is 0 Å². The fourth-order valence-corrected chi connectivity index (χ4v) is 5.65. The topological polar surface area (TPSA) is 78.4 Å². The number of rotatable bonds is 5. The molecule has 1 aliphatic carbocycles. The summed E-state index contributed by atoms with van der Waals surface area (Å²) in [5.74, 6) is 1.56. The van der Waals surface area contributed by atoms with E-state index in [1.165, 1.54) is 32.1 Å². The van der Waals surface area contributed by atoms with Crippen molar-refractivity contribution in [1.82, 2.24) is 14.3 Å². The van der Waals surface area contributed by atoms with Crippen LogP contribution in [0.4, 0.5) is 11.8 Å². The molecule has 1 N–H and O–H groups in total. The summed E-state index contributed by atoms with van der Waals surface area (Å²) in [7, 11) is -3.46. The third-order valence-electron chi connectivity index (χ3n) is 6.00. The van der Waals surface area contributed by atoms with Crippen LogP contribution in [0.25, 0.3) is 0 Å². The lowest BCUT2D eigenvalue weighted by molar-refractivity contribution is 0.383. The molecule has 0 amide bonds. The van der Waals surface area contributed by atoms with Crippen LogP contribution in [0.15, 0.2) is 35.2 Å². The summed E-state index contributed by atoms with van der Waals surface area (Å²) in [4.78, 5) is 11.8. The van der Waals surface area contributed by atoms with Crippen molar-refractivity contribution < 1.29 is 8.42 Å². The Kier molecular flexibility index (Phi) is 6.24. The minimum Gasteiger partial charge on any atom is -0.354 e. The predicted octanol–water partition coefficient (Wildman–Crippen LogP) is 3.35. The Morgan fingerprint density at radius 1 is 0.933 bits per heavy atom. The first kappa shape index (κ1) is 21.1. The van der Waals surface area contributed by atoms with Crippen LogP contribution in [0.3, 0.4) is 0 Å². The van der Waals surface area contributed by atoms with E-state index < -0.39 is 10.0 Å². The van der Waals surface area contributed by atoms with Crippen LogP contribution in [-0.2, 0) is 10.0 Å². The Hall–Kier alpha value is -2.19. The fraction of sp³-hybridized carbons (Fsp3) is 0.545. The highest BCUT2D eigenvalue weighted by molar-refractivity contribution is 7.89. The first-order chi connectivity index (χ1) is 14.4. The molecule has 0 spiro atoms. The summed E-state index contributed by atoms with van der Waals surface area (Å²) in [5, 5.41) is 3.51. The van der Waals surface area contributed by atoms with E-state index >= 15 is 0 Å². The van der Waals surface area contributed by atoms with Gasteiger partial charge < -0.3 is 10.2 Å². The molecular weight excluding hydrogens is 398 g/mol. The fourth-order valence-electron chi connectivity index (χ4n) is 4.22. The molecule has 1 saturated carbocycles. The number of sulfonamides is 1. The van der Waals surface area contributed by atoms with E-state index in [0.717, 1.165) is 17.1 Å². The molecule has 1 saturated heterocycles. The van der Waals surface area contributed by atoms with Gasteiger partial charge in [-0.2, -0.15) is 9.29 Å². The van der Waals surface area contributed by atoms with Gasteiger partial charge in [-0.3, -0.25) is 0 Å². The molecule has 2 heterocycles. The minimum absolute atomic E-state index is 0.360. The summed E-state index contributed by atoms with van der Waals surface area (Å²) in [6.07, 6.45) is 6.17. The Bertz CT molecular complexity index is 964. The van der Waals surface area contributed by atoms with Gasteiger partial charge in [-0.15, -0.1) is 0 Å². The minimum atomic E-state index is -3.46. The number of nitrogens with one attached hydrogen (secondary N) is 1. The second-order valence-electron chi connectivity index (χ2n) is 8.37. The highest BCUT2D eigenvalue weighted by Crippen LogP contribution is 2.24. The molecule has 1 aromatic carbocycles. The van der Waals surface area contributed by atoms with Crippen LogP contribution in [-0.4, -0.2) is 54.9 Å². The second-order valence-corrected chi connectivity index (χ2v) is 10.3. The maximum absolute atomic E-state index is 12.9. The quantitative estimate of drug-likeness (QED) is 0.785. The average Bonchev–Trinajstić information content (AvgIpc) is 2.74. The van der Waals surface area contributed by atoms with Crippen LogP contribution < -0.4 is 10.2 Å². The van der Waals surface area contributed by atoms with Crippen molar-refractivity contribution in [1.29, 1.82) is 0 Å². The molecule has 2 aliphatic rings. The summed E-state index contributed by atoms with van der Waals surface area (Å²) in [6.45, 7) is 6.07. The Morgan fingerprint density at radius 3 is 2.27 bits per heavy atom. The van der Waals surface area contributed by atoms with E-state index in [1.54, 1.807) is 16.4 Å². The van der Waals surface area contributed by atoms with Crippen LogP contribution in [0.2, 0.25) is 0 Å². The largest absolute Gasteiger partial charge is 0.354 e. The smallest absolute Gasteiger partial charge is 0.243 e. The van der Waals surface area contributed by atoms with E-state index in [9.17, 15) is 8.42 Å². The molecule has 0 unspecified atom stereocenters. The number of aromatic nitrogens is 2. The molecule has 4 rings (SSSR count). The van der Waals surface area contributed by atoms with Gasteiger partial charge in [-0.05, 0) is 38.8 Å². The van der Waals surface area contributed by atoms with Gasteiger partial charge in [-0.25, -0.2) is 13.4 Å². The SMILES string of the molecule is Cc1ccc(S(=O)(=O)N2CCN(c3cc(C)nc(NC4CCCCC4)n3)CC2)cc1. The number of piperazine rings is 1. The van der Waals surface area contributed by atoms with Crippen molar-refractivity contribution >= 4 is 21.8 Å². The second kappa shape index (κ2) is 8.89. The first-order valence-corrected chi connectivity index (χ1v) is 12.3. The highest BCUT2D eigenvalue weighted by atomic mass is 32.2. The lowest BCUT2D eigenvalue weighted by Gasteiger charge is -2.35. The Labute approximate surface area is 179 Å². The van der Waals surface area contributed by atoms with Gasteiger partial charge in [0, 0.05) is 44.0 Å². The van der Waals surface area contributed by atoms with Crippen molar-refractivity contribution in [2.45, 2.75) is 56.9 Å². The maximum Gasteiger partial charge on any atom is 0.243 e. The van der Waals surface area contributed by atoms with Crippen LogP contribution in [0.5, 0.6) is 0 Å². The summed E-state index contributed by atoms with van der Waals surface area (Å²) < 4.78 is 27.5. The van der Waals surface area contributed by atoms with E-state index in [-0.39, 0.29) is 0 Å². The van der Waals surface area contributed by atoms with Gasteiger partial charge in [0.2, 0.25) is 16.0 Å². The zero-order chi connectivity index (χ0) is 21.1. The number of anilines is 2. The number of benzene rings is 1. The summed E-state index contributed by atoms with van der Waals surface area (Å²) in [6, 6.07) is 9.49. The summed E-state index contributed by atoms with van der Waals surface area (Å²) in [5.41, 5.74) is 1.98. The third kappa shape index (κ3) is 4.75. The zero-order valence-corrected chi connectivity index (χ0v) is 18.7. The molecule has 7 nitrogen and oxygen atoms in total. The molecule has 30 heavy (non-hydrogen) atoms. The third-order valence-corrected chi connectivity index (χ3v) is 7.91.